The molecule has 0 unspecified atom stereocenters. The van der Waals surface area contributed by atoms with Crippen LogP contribution in [0.2, 0.25) is 0 Å². The highest BCUT2D eigenvalue weighted by molar-refractivity contribution is 7.73. The number of ether oxygens (including phenoxy) is 1. The molecule has 0 aliphatic carbocycles. The average molecular weight is 438 g/mol. The molecule has 0 amide bonds. The van der Waals surface area contributed by atoms with Crippen molar-refractivity contribution >= 4 is 44.8 Å². The predicted molar refractivity (Wildman–Crippen MR) is 129 cm³/mol. The predicted octanol–water partition coefficient (Wildman–Crippen LogP) is 3.26. The minimum absolute atomic E-state index is 0.493. The summed E-state index contributed by atoms with van der Waals surface area (Å²) in [7, 11) is -1.19. The molecule has 1 aromatic heterocycles. The molecule has 2 aromatic carbocycles. The second-order valence-electron chi connectivity index (χ2n) is 7.36. The molecule has 0 aliphatic heterocycles. The van der Waals surface area contributed by atoms with Crippen molar-refractivity contribution in [3.05, 3.63) is 70.7 Å². The van der Waals surface area contributed by atoms with Crippen molar-refractivity contribution in [3.63, 3.8) is 0 Å². The summed E-state index contributed by atoms with van der Waals surface area (Å²) >= 11 is 0. The van der Waals surface area contributed by atoms with Crippen LogP contribution in [0.5, 0.6) is 5.75 Å². The normalized spacial score (nSPS) is 11.6. The maximum absolute atomic E-state index is 11.1. The standard InChI is InChI=1S/C24H27N3O3S/c1-6-9-18-19(17-10-7-8-11-20(17)26-24(18)15(2)3)14-25-22-12-16(4)21(27-31(28)29)13-23(22)30-5/h6-13,25,31H,1,14H2,2-5H3,(H,27,28,29)/b18-9-. The van der Waals surface area contributed by atoms with E-state index in [0.717, 1.165) is 43.9 Å². The van der Waals surface area contributed by atoms with Gasteiger partial charge >= 0.3 is 0 Å². The molecular formula is C24H27N3O3S. The average Bonchev–Trinajstić information content (AvgIpc) is 2.73. The van der Waals surface area contributed by atoms with Crippen molar-refractivity contribution in [2.45, 2.75) is 27.3 Å². The number of pyridine rings is 1. The summed E-state index contributed by atoms with van der Waals surface area (Å²) in [5, 5.41) is 6.49. The molecule has 3 aromatic rings. The van der Waals surface area contributed by atoms with Gasteiger partial charge in [-0.25, -0.2) is 13.4 Å². The molecule has 0 saturated heterocycles. The van der Waals surface area contributed by atoms with E-state index in [-0.39, 0.29) is 0 Å². The van der Waals surface area contributed by atoms with Gasteiger partial charge < -0.3 is 10.1 Å². The molecule has 162 valence electrons. The van der Waals surface area contributed by atoms with Crippen molar-refractivity contribution in [2.24, 2.45) is 0 Å². The van der Waals surface area contributed by atoms with Gasteiger partial charge in [0.1, 0.15) is 5.75 Å². The van der Waals surface area contributed by atoms with Crippen LogP contribution < -0.4 is 25.3 Å². The Balaban J connectivity index is 2.14. The summed E-state index contributed by atoms with van der Waals surface area (Å²) in [6, 6.07) is 11.6. The molecular weight excluding hydrogens is 410 g/mol. The van der Waals surface area contributed by atoms with E-state index < -0.39 is 10.9 Å². The van der Waals surface area contributed by atoms with Gasteiger partial charge in [0.15, 0.2) is 0 Å². The van der Waals surface area contributed by atoms with E-state index in [2.05, 4.69) is 22.7 Å². The molecule has 0 bridgehead atoms. The molecule has 0 saturated carbocycles. The first-order chi connectivity index (χ1) is 14.8. The largest absolute Gasteiger partial charge is 0.495 e. The number of benzene rings is 2. The minimum Gasteiger partial charge on any atom is -0.495 e. The third kappa shape index (κ3) is 4.88. The molecule has 6 nitrogen and oxygen atoms in total. The van der Waals surface area contributed by atoms with Gasteiger partial charge in [-0.15, -0.1) is 0 Å². The van der Waals surface area contributed by atoms with Crippen molar-refractivity contribution < 1.29 is 13.2 Å². The van der Waals surface area contributed by atoms with Crippen molar-refractivity contribution in [2.75, 3.05) is 17.1 Å². The topological polar surface area (TPSA) is 80.3 Å². The number of aromatic nitrogens is 1. The highest BCUT2D eigenvalue weighted by Crippen LogP contribution is 2.31. The molecule has 0 fully saturated rings. The van der Waals surface area contributed by atoms with Crippen LogP contribution >= 0.6 is 0 Å². The maximum Gasteiger partial charge on any atom is 0.222 e. The Kier molecular flexibility index (Phi) is 6.97. The number of nitrogens with one attached hydrogen (secondary N) is 2. The molecule has 1 heterocycles. The fourth-order valence-corrected chi connectivity index (χ4v) is 4.00. The molecule has 0 spiro atoms. The van der Waals surface area contributed by atoms with Crippen LogP contribution in [0.4, 0.5) is 11.4 Å². The lowest BCUT2D eigenvalue weighted by Crippen LogP contribution is -2.34. The van der Waals surface area contributed by atoms with E-state index in [0.29, 0.717) is 18.0 Å². The van der Waals surface area contributed by atoms with Gasteiger partial charge in [0.25, 0.3) is 0 Å². The third-order valence-electron chi connectivity index (χ3n) is 5.01. The van der Waals surface area contributed by atoms with Crippen LogP contribution in [0.15, 0.2) is 49.1 Å². The number of allylic oxidation sites excluding steroid dienone is 1. The Labute approximate surface area is 184 Å². The zero-order valence-electron chi connectivity index (χ0n) is 18.2. The number of para-hydroxylation sites is 1. The minimum atomic E-state index is -2.75. The van der Waals surface area contributed by atoms with Crippen LogP contribution in [0, 0.1) is 6.92 Å². The van der Waals surface area contributed by atoms with Crippen LogP contribution in [-0.4, -0.2) is 20.5 Å². The van der Waals surface area contributed by atoms with E-state index in [1.54, 1.807) is 19.3 Å². The highest BCUT2D eigenvalue weighted by atomic mass is 32.2. The van der Waals surface area contributed by atoms with Crippen LogP contribution in [0.3, 0.4) is 0 Å². The number of hydrogen-bond acceptors (Lipinski definition) is 5. The van der Waals surface area contributed by atoms with Gasteiger partial charge in [0.05, 0.1) is 29.4 Å². The van der Waals surface area contributed by atoms with Crippen molar-refractivity contribution in [1.29, 1.82) is 0 Å². The van der Waals surface area contributed by atoms with Crippen molar-refractivity contribution in [3.8, 4) is 5.75 Å². The fourth-order valence-electron chi connectivity index (χ4n) is 3.56. The van der Waals surface area contributed by atoms with Gasteiger partial charge in [-0.05, 0) is 44.0 Å². The Bertz CT molecular complexity index is 1330. The summed E-state index contributed by atoms with van der Waals surface area (Å²) in [4.78, 5) is 4.86. The van der Waals surface area contributed by atoms with Gasteiger partial charge in [0, 0.05) is 23.2 Å². The number of hydrogen-bond donors (Lipinski definition) is 3. The zero-order valence-corrected chi connectivity index (χ0v) is 19.0. The summed E-state index contributed by atoms with van der Waals surface area (Å²) in [5.74, 6) is 0.552. The molecule has 0 radical (unpaired) electrons. The second-order valence-corrected chi connectivity index (χ2v) is 8.10. The number of aryl methyl sites for hydroxylation is 1. The second kappa shape index (κ2) is 9.66. The van der Waals surface area contributed by atoms with Gasteiger partial charge in [-0.3, -0.25) is 4.72 Å². The molecule has 31 heavy (non-hydrogen) atoms. The number of rotatable bonds is 7. The van der Waals surface area contributed by atoms with Gasteiger partial charge in [0.2, 0.25) is 10.9 Å². The Morgan fingerprint density at radius 2 is 1.94 bits per heavy atom. The Morgan fingerprint density at radius 3 is 2.58 bits per heavy atom. The summed E-state index contributed by atoms with van der Waals surface area (Å²) < 4.78 is 30.1. The lowest BCUT2D eigenvalue weighted by Gasteiger charge is -2.16. The molecule has 3 rings (SSSR count). The molecule has 2 N–H and O–H groups in total. The number of fused-ring (bicyclic) bond motifs is 1. The van der Waals surface area contributed by atoms with Gasteiger partial charge in [-0.1, -0.05) is 42.5 Å². The highest BCUT2D eigenvalue weighted by Gasteiger charge is 2.11. The van der Waals surface area contributed by atoms with E-state index in [1.807, 2.05) is 51.1 Å². The monoisotopic (exact) mass is 437 g/mol. The quantitative estimate of drug-likeness (QED) is 0.495. The lowest BCUT2D eigenvalue weighted by molar-refractivity contribution is 0.416. The molecule has 7 heteroatoms. The molecule has 0 aliphatic rings. The molecule has 0 atom stereocenters. The SMILES string of the molecule is C=C/C=c1/c(CNc2cc(C)c(N[SH](=O)=O)cc2OC)c2ccccc2nc1=C(C)C. The fraction of sp³-hybridized carbons (Fsp3) is 0.208. The number of methoxy groups -OCH3 is 1. The third-order valence-corrected chi connectivity index (χ3v) is 5.44. The lowest BCUT2D eigenvalue weighted by atomic mass is 10.0. The van der Waals surface area contributed by atoms with E-state index in [1.165, 1.54) is 0 Å². The Hall–Kier alpha value is -3.32. The van der Waals surface area contributed by atoms with Crippen molar-refractivity contribution in [1.82, 2.24) is 4.98 Å². The number of nitrogens with zero attached hydrogens (tertiary/aromatic N) is 1. The maximum atomic E-state index is 11.1. The van der Waals surface area contributed by atoms with Gasteiger partial charge in [-0.2, -0.15) is 0 Å². The van der Waals surface area contributed by atoms with E-state index in [4.69, 9.17) is 9.72 Å². The van der Waals surface area contributed by atoms with Crippen LogP contribution in [0.1, 0.15) is 25.0 Å². The van der Waals surface area contributed by atoms with Crippen LogP contribution in [0.25, 0.3) is 22.6 Å². The number of thiol groups is 1. The zero-order chi connectivity index (χ0) is 22.5. The first-order valence-corrected chi connectivity index (χ1v) is 11.0. The summed E-state index contributed by atoms with van der Waals surface area (Å²) in [6.45, 7) is 10.4. The smallest absolute Gasteiger partial charge is 0.222 e. The first kappa shape index (κ1) is 22.4. The summed E-state index contributed by atoms with van der Waals surface area (Å²) in [5.41, 5.74) is 5.21. The van der Waals surface area contributed by atoms with Crippen LogP contribution in [-0.2, 0) is 17.4 Å². The first-order valence-electron chi connectivity index (χ1n) is 9.87. The van der Waals surface area contributed by atoms with E-state index >= 15 is 0 Å². The Morgan fingerprint density at radius 1 is 1.19 bits per heavy atom. The number of anilines is 2. The van der Waals surface area contributed by atoms with E-state index in [9.17, 15) is 8.42 Å². The summed E-state index contributed by atoms with van der Waals surface area (Å²) in [6.07, 6.45) is 3.76.